The highest BCUT2D eigenvalue weighted by Gasteiger charge is 2.46. The van der Waals surface area contributed by atoms with Gasteiger partial charge in [-0.15, -0.1) is 0 Å². The van der Waals surface area contributed by atoms with Gasteiger partial charge < -0.3 is 45.1 Å². The number of anilines is 1. The van der Waals surface area contributed by atoms with Crippen molar-refractivity contribution in [3.8, 4) is 0 Å². The lowest BCUT2D eigenvalue weighted by Gasteiger charge is -2.21. The van der Waals surface area contributed by atoms with Crippen molar-refractivity contribution < 1.29 is 71.4 Å². The molecule has 7 N–H and O–H groups in total. The maximum Gasteiger partial charge on any atom is 0.481 e. The zero-order chi connectivity index (χ0) is 50.2. The number of carbonyl (C=O) groups is 2. The van der Waals surface area contributed by atoms with Gasteiger partial charge in [0.2, 0.25) is 0 Å². The van der Waals surface area contributed by atoms with Gasteiger partial charge in [0, 0.05) is 19.0 Å². The van der Waals surface area contributed by atoms with Gasteiger partial charge in [-0.3, -0.25) is 23.2 Å². The maximum absolute atomic E-state index is 12.8. The predicted octanol–water partition coefficient (Wildman–Crippen LogP) is 7.77. The van der Waals surface area contributed by atoms with E-state index in [-0.39, 0.29) is 18.7 Å². The minimum atomic E-state index is -5.45. The summed E-state index contributed by atoms with van der Waals surface area (Å²) < 4.78 is 56.5. The smallest absolute Gasteiger partial charge is 0.462 e. The highest BCUT2D eigenvalue weighted by Crippen LogP contribution is 2.60. The van der Waals surface area contributed by atoms with E-state index in [1.165, 1.54) is 18.9 Å². The molecule has 1 fully saturated rings. The van der Waals surface area contributed by atoms with Gasteiger partial charge in [-0.2, -0.15) is 9.29 Å². The van der Waals surface area contributed by atoms with Crippen LogP contribution in [0, 0.1) is 5.92 Å². The first-order chi connectivity index (χ1) is 32.5. The molecular weight excluding hydrogens is 924 g/mol. The number of unbranched alkanes of at least 4 members (excludes halogenated alkanes) is 5. The van der Waals surface area contributed by atoms with Gasteiger partial charge >= 0.3 is 33.3 Å². The molecule has 9 atom stereocenters. The molecule has 2 heterocycles. The molecule has 0 aliphatic carbocycles. The van der Waals surface area contributed by atoms with Crippen LogP contribution in [0.4, 0.5) is 5.82 Å². The number of phosphoric acid groups is 2. The lowest BCUT2D eigenvalue weighted by molar-refractivity contribution is -0.161. The van der Waals surface area contributed by atoms with Gasteiger partial charge in [-0.25, -0.2) is 13.9 Å². The first-order valence-electron chi connectivity index (χ1n) is 23.5. The van der Waals surface area contributed by atoms with Crippen LogP contribution in [0.25, 0.3) is 0 Å². The summed E-state index contributed by atoms with van der Waals surface area (Å²) in [6, 6.07) is 1.24. The number of rotatable bonds is 36. The Kier molecular flexibility index (Phi) is 30.5. The van der Waals surface area contributed by atoms with Crippen LogP contribution >= 0.6 is 15.6 Å². The lowest BCUT2D eigenvalue weighted by Crippen LogP contribution is -2.36. The Balaban J connectivity index is 1.87. The van der Waals surface area contributed by atoms with E-state index in [0.29, 0.717) is 31.6 Å². The number of ether oxygens (including phenoxy) is 3. The molecule has 1 aromatic heterocycles. The summed E-state index contributed by atoms with van der Waals surface area (Å²) in [4.78, 5) is 61.6. The van der Waals surface area contributed by atoms with Crippen molar-refractivity contribution in [1.29, 1.82) is 0 Å². The Morgan fingerprint density at radius 1 is 0.838 bits per heavy atom. The van der Waals surface area contributed by atoms with Crippen LogP contribution in [0.2, 0.25) is 0 Å². The average Bonchev–Trinajstić information content (AvgIpc) is 3.57. The van der Waals surface area contributed by atoms with Crippen molar-refractivity contribution >= 4 is 33.4 Å². The molecule has 1 aliphatic rings. The summed E-state index contributed by atoms with van der Waals surface area (Å²) in [5.41, 5.74) is 4.57. The SMILES string of the molecule is CC/C=C\CC(O)/C=C/C=C/C/C=C\C/C=C\C/C=C\CCC(=O)O[C@H](COC(=O)CCCCCCCCC(C)CC)COP(=O)(O)OP(=O)(O)OC[C@H]1O[C@@H](n2ccc(N)nc2=O)[C@H](O)[C@@H]1O. The number of hydrogen-bond acceptors (Lipinski definition) is 16. The third kappa shape index (κ3) is 27.4. The van der Waals surface area contributed by atoms with Gasteiger partial charge in [-0.05, 0) is 56.9 Å². The Labute approximate surface area is 400 Å². The number of nitrogens with zero attached hydrogens (tertiary/aromatic N) is 2. The Hall–Kier alpha value is -3.84. The molecule has 0 aromatic carbocycles. The standard InChI is InChI=1S/C47H75N3O16P2/c1-4-6-22-28-38(51)29-24-19-14-12-10-8-7-9-11-13-15-21-26-31-43(53)64-39(34-61-42(52)30-25-20-17-16-18-23-27-37(3)5-2)35-62-67(57,58)66-68(59,60)63-36-40-44(54)45(55)46(65-40)50-33-32-41(48)49-47(50)56/h6,8-11,14-15,19,21-22,24,29,32-33,37-40,44-46,51,54-55H,4-5,7,12-13,16-18,20,23,25-28,30-31,34-36H2,1-3H3,(H,57,58)(H,59,60)(H2,48,49,56)/b10-8-,11-9-,19-14+,21-15-,22-6-,29-24+/t37?,38?,39-,40-,44-,45-,46-/m1/s1. The third-order valence-electron chi connectivity index (χ3n) is 10.4. The summed E-state index contributed by atoms with van der Waals surface area (Å²) in [5.74, 6) is -0.723. The normalized spacial score (nSPS) is 21.1. The summed E-state index contributed by atoms with van der Waals surface area (Å²) in [6.45, 7) is 4.07. The van der Waals surface area contributed by atoms with Crippen molar-refractivity contribution in [1.82, 2.24) is 9.55 Å². The Morgan fingerprint density at radius 3 is 2.16 bits per heavy atom. The van der Waals surface area contributed by atoms with Crippen LogP contribution in [0.3, 0.4) is 0 Å². The van der Waals surface area contributed by atoms with Gasteiger partial charge in [0.05, 0.1) is 19.3 Å². The number of hydrogen-bond donors (Lipinski definition) is 6. The number of esters is 2. The number of aliphatic hydroxyl groups excluding tert-OH is 3. The first-order valence-corrected chi connectivity index (χ1v) is 26.4. The second-order valence-electron chi connectivity index (χ2n) is 16.3. The summed E-state index contributed by atoms with van der Waals surface area (Å²) >= 11 is 0. The maximum atomic E-state index is 12.8. The topological polar surface area (TPSA) is 286 Å². The van der Waals surface area contributed by atoms with Crippen LogP contribution in [0.1, 0.15) is 130 Å². The second-order valence-corrected chi connectivity index (χ2v) is 19.4. The van der Waals surface area contributed by atoms with E-state index in [4.69, 9.17) is 29.0 Å². The van der Waals surface area contributed by atoms with Crippen molar-refractivity contribution in [3.05, 3.63) is 95.7 Å². The van der Waals surface area contributed by atoms with Gasteiger partial charge in [0.1, 0.15) is 30.7 Å². The molecule has 1 saturated heterocycles. The second kappa shape index (κ2) is 34.5. The van der Waals surface area contributed by atoms with E-state index in [1.807, 2.05) is 67.7 Å². The Morgan fingerprint density at radius 2 is 1.49 bits per heavy atom. The lowest BCUT2D eigenvalue weighted by atomic mass is 10.00. The number of aliphatic hydroxyl groups is 3. The number of allylic oxidation sites excluding steroid dienone is 10. The molecule has 0 saturated carbocycles. The van der Waals surface area contributed by atoms with Crippen molar-refractivity contribution in [2.45, 2.75) is 160 Å². The predicted molar refractivity (Wildman–Crippen MR) is 258 cm³/mol. The van der Waals surface area contributed by atoms with Crippen molar-refractivity contribution in [2.24, 2.45) is 5.92 Å². The van der Waals surface area contributed by atoms with E-state index in [2.05, 4.69) is 23.1 Å². The molecular formula is C47H75N3O16P2. The number of phosphoric ester groups is 2. The third-order valence-corrected chi connectivity index (χ3v) is 13.0. The van der Waals surface area contributed by atoms with Gasteiger partial charge in [-0.1, -0.05) is 139 Å². The van der Waals surface area contributed by atoms with Gasteiger partial charge in [0.25, 0.3) is 0 Å². The number of aromatic nitrogens is 2. The number of carbonyl (C=O) groups excluding carboxylic acids is 2. The van der Waals surface area contributed by atoms with Crippen LogP contribution in [0.15, 0.2) is 90.0 Å². The van der Waals surface area contributed by atoms with E-state index in [9.17, 15) is 48.6 Å². The van der Waals surface area contributed by atoms with E-state index >= 15 is 0 Å². The van der Waals surface area contributed by atoms with Crippen LogP contribution in [-0.2, 0) is 46.3 Å². The molecule has 1 aromatic rings. The minimum absolute atomic E-state index is 0.0938. The van der Waals surface area contributed by atoms with E-state index in [0.717, 1.165) is 62.1 Å². The molecule has 1 aliphatic heterocycles. The summed E-state index contributed by atoms with van der Waals surface area (Å²) in [5, 5.41) is 30.7. The number of nitrogens with two attached hydrogens (primary N) is 1. The molecule has 68 heavy (non-hydrogen) atoms. The highest BCUT2D eigenvalue weighted by atomic mass is 31.3. The summed E-state index contributed by atoms with van der Waals surface area (Å²) in [7, 11) is -10.9. The van der Waals surface area contributed by atoms with E-state index in [1.54, 1.807) is 12.2 Å². The molecule has 0 radical (unpaired) electrons. The highest BCUT2D eigenvalue weighted by molar-refractivity contribution is 7.61. The fraction of sp³-hybridized carbons (Fsp3) is 0.617. The zero-order valence-electron chi connectivity index (χ0n) is 39.7. The fourth-order valence-corrected chi connectivity index (χ4v) is 8.51. The van der Waals surface area contributed by atoms with Crippen molar-refractivity contribution in [2.75, 3.05) is 25.6 Å². The molecule has 0 bridgehead atoms. The van der Waals surface area contributed by atoms with Crippen LogP contribution in [-0.4, -0.2) is 96.9 Å². The molecule has 0 amide bonds. The van der Waals surface area contributed by atoms with Crippen LogP contribution < -0.4 is 11.4 Å². The average molecular weight is 1000 g/mol. The summed E-state index contributed by atoms with van der Waals surface area (Å²) in [6.07, 6.45) is 28.0. The molecule has 384 valence electrons. The number of nitrogen functional groups attached to an aromatic ring is 1. The Bertz CT molecular complexity index is 1950. The van der Waals surface area contributed by atoms with Gasteiger partial charge in [0.15, 0.2) is 12.3 Å². The fourth-order valence-electron chi connectivity index (χ4n) is 6.40. The molecule has 4 unspecified atom stereocenters. The molecule has 19 nitrogen and oxygen atoms in total. The van der Waals surface area contributed by atoms with Crippen molar-refractivity contribution in [3.63, 3.8) is 0 Å². The molecule has 0 spiro atoms. The molecule has 21 heteroatoms. The molecule has 2 rings (SSSR count). The van der Waals surface area contributed by atoms with Crippen LogP contribution in [0.5, 0.6) is 0 Å². The minimum Gasteiger partial charge on any atom is -0.462 e. The quantitative estimate of drug-likeness (QED) is 0.0123. The largest absolute Gasteiger partial charge is 0.481 e. The monoisotopic (exact) mass is 999 g/mol. The first kappa shape index (κ1) is 60.3. The zero-order valence-corrected chi connectivity index (χ0v) is 41.4. The van der Waals surface area contributed by atoms with E-state index < -0.39 is 89.8 Å².